The standard InChI is InChI=1S/C19H25N3O2/c1-13-7-5-8-14(11-13)17-20-18(24-21-17)15-9-6-10-22(15)16(23)12-19(2,3)4/h5,7-8,11,15H,6,9-10,12H2,1-4H3/t15-/m1/s1. The Kier molecular flexibility index (Phi) is 4.43. The maximum atomic E-state index is 12.6. The number of benzene rings is 1. The van der Waals surface area contributed by atoms with Crippen LogP contribution in [0.25, 0.3) is 11.4 Å². The highest BCUT2D eigenvalue weighted by Gasteiger charge is 2.35. The van der Waals surface area contributed by atoms with Crippen LogP contribution in [-0.2, 0) is 4.79 Å². The SMILES string of the molecule is Cc1cccc(-c2noc([C@H]3CCCN3C(=O)CC(C)(C)C)n2)c1. The van der Waals surface area contributed by atoms with Crippen molar-refractivity contribution in [1.29, 1.82) is 0 Å². The summed E-state index contributed by atoms with van der Waals surface area (Å²) in [6, 6.07) is 7.93. The van der Waals surface area contributed by atoms with Gasteiger partial charge in [0.1, 0.15) is 6.04 Å². The van der Waals surface area contributed by atoms with Crippen LogP contribution in [0.5, 0.6) is 0 Å². The monoisotopic (exact) mass is 327 g/mol. The molecule has 1 aromatic heterocycles. The Labute approximate surface area is 143 Å². The summed E-state index contributed by atoms with van der Waals surface area (Å²) in [6.07, 6.45) is 2.39. The fraction of sp³-hybridized carbons (Fsp3) is 0.526. The summed E-state index contributed by atoms with van der Waals surface area (Å²) in [5.41, 5.74) is 2.07. The largest absolute Gasteiger partial charge is 0.337 e. The molecule has 1 aliphatic rings. The Morgan fingerprint density at radius 2 is 2.17 bits per heavy atom. The van der Waals surface area contributed by atoms with Gasteiger partial charge in [0, 0.05) is 18.5 Å². The molecule has 0 aliphatic carbocycles. The fourth-order valence-corrected chi connectivity index (χ4v) is 3.15. The van der Waals surface area contributed by atoms with Crippen molar-refractivity contribution in [2.24, 2.45) is 5.41 Å². The van der Waals surface area contributed by atoms with E-state index in [1.807, 2.05) is 36.1 Å². The highest BCUT2D eigenvalue weighted by Crippen LogP contribution is 2.34. The van der Waals surface area contributed by atoms with Crippen molar-refractivity contribution in [2.75, 3.05) is 6.54 Å². The lowest BCUT2D eigenvalue weighted by atomic mass is 9.91. The average molecular weight is 327 g/mol. The minimum atomic E-state index is -0.0918. The normalized spacial score (nSPS) is 18.2. The van der Waals surface area contributed by atoms with E-state index in [9.17, 15) is 4.79 Å². The number of hydrogen-bond donors (Lipinski definition) is 0. The van der Waals surface area contributed by atoms with Gasteiger partial charge in [0.05, 0.1) is 0 Å². The van der Waals surface area contributed by atoms with Crippen LogP contribution in [0.2, 0.25) is 0 Å². The second kappa shape index (κ2) is 6.38. The zero-order valence-electron chi connectivity index (χ0n) is 14.9. The Hall–Kier alpha value is -2.17. The van der Waals surface area contributed by atoms with E-state index < -0.39 is 0 Å². The van der Waals surface area contributed by atoms with Crippen molar-refractivity contribution in [3.8, 4) is 11.4 Å². The molecule has 3 rings (SSSR count). The summed E-state index contributed by atoms with van der Waals surface area (Å²) in [7, 11) is 0. The second-order valence-electron chi connectivity index (χ2n) is 7.81. The number of carbonyl (C=O) groups excluding carboxylic acids is 1. The van der Waals surface area contributed by atoms with Gasteiger partial charge >= 0.3 is 0 Å². The summed E-state index contributed by atoms with van der Waals surface area (Å²) >= 11 is 0. The molecule has 1 aliphatic heterocycles. The van der Waals surface area contributed by atoms with E-state index in [0.29, 0.717) is 18.1 Å². The molecule has 0 bridgehead atoms. The number of likely N-dealkylation sites (tertiary alicyclic amines) is 1. The molecule has 0 unspecified atom stereocenters. The number of rotatable bonds is 3. The zero-order chi connectivity index (χ0) is 17.3. The number of hydrogen-bond acceptors (Lipinski definition) is 4. The third-order valence-corrected chi connectivity index (χ3v) is 4.26. The van der Waals surface area contributed by atoms with Gasteiger partial charge < -0.3 is 9.42 Å². The minimum Gasteiger partial charge on any atom is -0.337 e. The van der Waals surface area contributed by atoms with Crippen molar-refractivity contribution in [2.45, 2.75) is 53.0 Å². The Morgan fingerprint density at radius 1 is 1.38 bits per heavy atom. The van der Waals surface area contributed by atoms with Gasteiger partial charge in [0.25, 0.3) is 0 Å². The zero-order valence-corrected chi connectivity index (χ0v) is 14.9. The maximum absolute atomic E-state index is 12.6. The first-order valence-corrected chi connectivity index (χ1v) is 8.54. The topological polar surface area (TPSA) is 59.2 Å². The highest BCUT2D eigenvalue weighted by molar-refractivity contribution is 5.77. The predicted molar refractivity (Wildman–Crippen MR) is 92.2 cm³/mol. The first-order chi connectivity index (χ1) is 11.3. The first-order valence-electron chi connectivity index (χ1n) is 8.54. The summed E-state index contributed by atoms with van der Waals surface area (Å²) in [5.74, 6) is 1.30. The number of carbonyl (C=O) groups is 1. The van der Waals surface area contributed by atoms with E-state index in [1.54, 1.807) is 0 Å². The molecule has 128 valence electrons. The number of aromatic nitrogens is 2. The van der Waals surface area contributed by atoms with Crippen LogP contribution in [0.1, 0.15) is 57.5 Å². The molecule has 0 radical (unpaired) electrons. The molecule has 1 saturated heterocycles. The van der Waals surface area contributed by atoms with E-state index in [4.69, 9.17) is 4.52 Å². The smallest absolute Gasteiger partial charge is 0.249 e. The van der Waals surface area contributed by atoms with E-state index in [1.165, 1.54) is 0 Å². The van der Waals surface area contributed by atoms with Crippen LogP contribution in [0.3, 0.4) is 0 Å². The molecule has 5 nitrogen and oxygen atoms in total. The van der Waals surface area contributed by atoms with Gasteiger partial charge in [0.2, 0.25) is 17.6 Å². The summed E-state index contributed by atoms with van der Waals surface area (Å²) in [5, 5.41) is 4.12. The van der Waals surface area contributed by atoms with Crippen LogP contribution in [0.15, 0.2) is 28.8 Å². The van der Waals surface area contributed by atoms with Gasteiger partial charge in [0.15, 0.2) is 0 Å². The van der Waals surface area contributed by atoms with Gasteiger partial charge in [-0.1, -0.05) is 49.7 Å². The van der Waals surface area contributed by atoms with Crippen molar-refractivity contribution in [3.63, 3.8) is 0 Å². The molecule has 0 spiro atoms. The molecule has 1 aromatic carbocycles. The molecule has 5 heteroatoms. The van der Waals surface area contributed by atoms with E-state index in [0.717, 1.165) is 30.5 Å². The molecule has 24 heavy (non-hydrogen) atoms. The quantitative estimate of drug-likeness (QED) is 0.850. The fourth-order valence-electron chi connectivity index (χ4n) is 3.15. The highest BCUT2D eigenvalue weighted by atomic mass is 16.5. The van der Waals surface area contributed by atoms with Crippen LogP contribution in [0.4, 0.5) is 0 Å². The van der Waals surface area contributed by atoms with Crippen molar-refractivity contribution < 1.29 is 9.32 Å². The molecule has 1 fully saturated rings. The third kappa shape index (κ3) is 3.66. The molecule has 2 aromatic rings. The predicted octanol–water partition coefficient (Wildman–Crippen LogP) is 4.14. The molecule has 0 saturated carbocycles. The van der Waals surface area contributed by atoms with E-state index in [2.05, 4.69) is 30.9 Å². The Balaban J connectivity index is 1.80. The lowest BCUT2D eigenvalue weighted by molar-refractivity contribution is -0.134. The molecule has 1 atom stereocenters. The summed E-state index contributed by atoms with van der Waals surface area (Å²) in [4.78, 5) is 19.1. The Morgan fingerprint density at radius 3 is 2.88 bits per heavy atom. The van der Waals surface area contributed by atoms with Gasteiger partial charge in [-0.25, -0.2) is 0 Å². The average Bonchev–Trinajstić information content (AvgIpc) is 3.14. The van der Waals surface area contributed by atoms with Crippen molar-refractivity contribution >= 4 is 5.91 Å². The molecular weight excluding hydrogens is 302 g/mol. The number of amides is 1. The van der Waals surface area contributed by atoms with Crippen molar-refractivity contribution in [1.82, 2.24) is 15.0 Å². The van der Waals surface area contributed by atoms with Crippen LogP contribution < -0.4 is 0 Å². The van der Waals surface area contributed by atoms with Gasteiger partial charge in [-0.05, 0) is 31.2 Å². The first kappa shape index (κ1) is 16.7. The lowest BCUT2D eigenvalue weighted by Gasteiger charge is -2.26. The summed E-state index contributed by atoms with van der Waals surface area (Å²) < 4.78 is 5.50. The lowest BCUT2D eigenvalue weighted by Crippen LogP contribution is -2.33. The second-order valence-corrected chi connectivity index (χ2v) is 7.81. The van der Waals surface area contributed by atoms with E-state index in [-0.39, 0.29) is 17.4 Å². The number of nitrogens with zero attached hydrogens (tertiary/aromatic N) is 3. The molecule has 1 amide bonds. The van der Waals surface area contributed by atoms with Crippen LogP contribution in [0, 0.1) is 12.3 Å². The van der Waals surface area contributed by atoms with Crippen molar-refractivity contribution in [3.05, 3.63) is 35.7 Å². The third-order valence-electron chi connectivity index (χ3n) is 4.26. The number of aryl methyl sites for hydroxylation is 1. The molecule has 0 N–H and O–H groups in total. The van der Waals surface area contributed by atoms with Crippen LogP contribution >= 0.6 is 0 Å². The Bertz CT molecular complexity index is 730. The van der Waals surface area contributed by atoms with Gasteiger partial charge in [-0.2, -0.15) is 4.98 Å². The molecular formula is C19H25N3O2. The maximum Gasteiger partial charge on any atom is 0.249 e. The minimum absolute atomic E-state index is 0.0220. The van der Waals surface area contributed by atoms with Gasteiger partial charge in [-0.3, -0.25) is 4.79 Å². The molecule has 2 heterocycles. The van der Waals surface area contributed by atoms with Crippen LogP contribution in [-0.4, -0.2) is 27.5 Å². The summed E-state index contributed by atoms with van der Waals surface area (Å²) in [6.45, 7) is 9.05. The van der Waals surface area contributed by atoms with E-state index >= 15 is 0 Å². The van der Waals surface area contributed by atoms with Gasteiger partial charge in [-0.15, -0.1) is 0 Å².